The molecule has 0 unspecified atom stereocenters. The van der Waals surface area contributed by atoms with Crippen molar-refractivity contribution in [3.8, 4) is 0 Å². The summed E-state index contributed by atoms with van der Waals surface area (Å²) in [7, 11) is 0. The van der Waals surface area contributed by atoms with E-state index in [-0.39, 0.29) is 29.8 Å². The van der Waals surface area contributed by atoms with Crippen LogP contribution < -0.4 is 16.2 Å². The first-order chi connectivity index (χ1) is 11.5. The molecule has 2 rings (SSSR count). The predicted octanol–water partition coefficient (Wildman–Crippen LogP) is 1.30. The Morgan fingerprint density at radius 1 is 1.12 bits per heavy atom. The van der Waals surface area contributed by atoms with Gasteiger partial charge in [0.1, 0.15) is 0 Å². The molecule has 9 heteroatoms. The third-order valence-electron chi connectivity index (χ3n) is 3.35. The number of hydrazine groups is 1. The third kappa shape index (κ3) is 6.31. The predicted molar refractivity (Wildman–Crippen MR) is 95.6 cm³/mol. The summed E-state index contributed by atoms with van der Waals surface area (Å²) in [5.74, 6) is -0.354. The summed E-state index contributed by atoms with van der Waals surface area (Å²) in [6, 6.07) is 6.98. The average molecular weight is 371 g/mol. The fourth-order valence-electron chi connectivity index (χ4n) is 2.08. The van der Waals surface area contributed by atoms with E-state index in [4.69, 9.17) is 28.6 Å². The lowest BCUT2D eigenvalue weighted by Gasteiger charge is -2.26. The number of morpholine rings is 1. The Balaban J connectivity index is 1.64. The first-order valence-corrected chi connectivity index (χ1v) is 8.30. The van der Waals surface area contributed by atoms with Crippen LogP contribution in [-0.2, 0) is 14.3 Å². The molecule has 7 nitrogen and oxygen atoms in total. The number of benzene rings is 1. The minimum Gasteiger partial charge on any atom is -0.378 e. The monoisotopic (exact) mass is 370 g/mol. The van der Waals surface area contributed by atoms with Crippen LogP contribution >= 0.6 is 23.8 Å². The topological polar surface area (TPSA) is 82.7 Å². The molecular weight excluding hydrogens is 352 g/mol. The van der Waals surface area contributed by atoms with Gasteiger partial charge in [0.15, 0.2) is 5.11 Å². The Kier molecular flexibility index (Phi) is 7.23. The van der Waals surface area contributed by atoms with Gasteiger partial charge >= 0.3 is 0 Å². The van der Waals surface area contributed by atoms with Crippen LogP contribution in [0.2, 0.25) is 5.02 Å². The molecular formula is C15H19ClN4O3S. The number of halogens is 1. The Hall–Kier alpha value is -1.90. The maximum Gasteiger partial charge on any atom is 0.238 e. The van der Waals surface area contributed by atoms with E-state index in [0.29, 0.717) is 31.3 Å². The number of hydrogen-bond donors (Lipinski definition) is 3. The van der Waals surface area contributed by atoms with E-state index in [9.17, 15) is 9.59 Å². The molecule has 0 aliphatic carbocycles. The number of carbonyl (C=O) groups excluding carboxylic acids is 2. The Labute approximate surface area is 150 Å². The number of nitrogens with one attached hydrogen (secondary N) is 3. The molecule has 0 spiro atoms. The van der Waals surface area contributed by atoms with Crippen LogP contribution in [0.25, 0.3) is 0 Å². The van der Waals surface area contributed by atoms with Crippen LogP contribution in [0.15, 0.2) is 24.3 Å². The van der Waals surface area contributed by atoms with Crippen LogP contribution in [0.4, 0.5) is 5.69 Å². The van der Waals surface area contributed by atoms with E-state index in [1.54, 1.807) is 29.2 Å². The zero-order valence-corrected chi connectivity index (χ0v) is 14.6. The normalized spacial score (nSPS) is 14.0. The lowest BCUT2D eigenvalue weighted by atomic mass is 10.2. The van der Waals surface area contributed by atoms with Crippen LogP contribution in [0.5, 0.6) is 0 Å². The minimum atomic E-state index is -0.308. The number of ether oxygens (including phenoxy) is 1. The van der Waals surface area contributed by atoms with Gasteiger partial charge in [-0.05, 0) is 36.5 Å². The number of carbonyl (C=O) groups is 2. The molecule has 2 amide bonds. The molecule has 0 bridgehead atoms. The Bertz CT molecular complexity index is 591. The van der Waals surface area contributed by atoms with Gasteiger partial charge in [-0.2, -0.15) is 0 Å². The molecule has 0 saturated carbocycles. The van der Waals surface area contributed by atoms with Gasteiger partial charge in [0, 0.05) is 36.6 Å². The molecule has 1 aromatic carbocycles. The molecule has 1 aliphatic heterocycles. The number of amides is 2. The zero-order valence-electron chi connectivity index (χ0n) is 13.0. The van der Waals surface area contributed by atoms with Crippen LogP contribution in [0.3, 0.4) is 0 Å². The van der Waals surface area contributed by atoms with E-state index in [0.717, 1.165) is 5.69 Å². The highest BCUT2D eigenvalue weighted by Crippen LogP contribution is 2.13. The molecule has 0 aromatic heterocycles. The summed E-state index contributed by atoms with van der Waals surface area (Å²) in [5.41, 5.74) is 5.79. The standard InChI is InChI=1S/C15H19ClN4O3S/c16-11-1-3-12(4-2-11)17-15(24)19-18-13(21)5-6-14(22)20-7-9-23-10-8-20/h1-4H,5-10H2,(H,18,21)(H2,17,19,24). The van der Waals surface area contributed by atoms with E-state index >= 15 is 0 Å². The largest absolute Gasteiger partial charge is 0.378 e. The fraction of sp³-hybridized carbons (Fsp3) is 0.400. The van der Waals surface area contributed by atoms with Crippen molar-refractivity contribution >= 4 is 46.4 Å². The van der Waals surface area contributed by atoms with Crippen molar-refractivity contribution < 1.29 is 14.3 Å². The van der Waals surface area contributed by atoms with Gasteiger partial charge in [-0.3, -0.25) is 20.4 Å². The molecule has 3 N–H and O–H groups in total. The molecule has 1 saturated heterocycles. The lowest BCUT2D eigenvalue weighted by Crippen LogP contribution is -2.44. The SMILES string of the molecule is O=C(CCC(=O)N1CCOCC1)NNC(=S)Nc1ccc(Cl)cc1. The second kappa shape index (κ2) is 9.41. The summed E-state index contributed by atoms with van der Waals surface area (Å²) in [6.07, 6.45) is 0.248. The number of anilines is 1. The number of hydrogen-bond acceptors (Lipinski definition) is 4. The van der Waals surface area contributed by atoms with Crippen LogP contribution in [0, 0.1) is 0 Å². The van der Waals surface area contributed by atoms with Gasteiger partial charge in [0.05, 0.1) is 13.2 Å². The van der Waals surface area contributed by atoms with Crippen molar-refractivity contribution in [2.75, 3.05) is 31.6 Å². The highest BCUT2D eigenvalue weighted by atomic mass is 35.5. The van der Waals surface area contributed by atoms with Crippen molar-refractivity contribution in [3.05, 3.63) is 29.3 Å². The molecule has 130 valence electrons. The van der Waals surface area contributed by atoms with E-state index in [1.807, 2.05) is 0 Å². The van der Waals surface area contributed by atoms with Gasteiger partial charge in [-0.25, -0.2) is 0 Å². The summed E-state index contributed by atoms with van der Waals surface area (Å²) < 4.78 is 5.18. The zero-order chi connectivity index (χ0) is 17.4. The second-order valence-electron chi connectivity index (χ2n) is 5.13. The van der Waals surface area contributed by atoms with Gasteiger partial charge in [0.2, 0.25) is 11.8 Å². The smallest absolute Gasteiger partial charge is 0.238 e. The molecule has 1 aromatic rings. The Morgan fingerprint density at radius 3 is 2.46 bits per heavy atom. The second-order valence-corrected chi connectivity index (χ2v) is 5.97. The van der Waals surface area contributed by atoms with Crippen molar-refractivity contribution in [3.63, 3.8) is 0 Å². The molecule has 0 radical (unpaired) electrons. The highest BCUT2D eigenvalue weighted by molar-refractivity contribution is 7.80. The van der Waals surface area contributed by atoms with Crippen molar-refractivity contribution in [2.24, 2.45) is 0 Å². The summed E-state index contributed by atoms with van der Waals surface area (Å²) >= 11 is 10.9. The number of rotatable bonds is 4. The van der Waals surface area contributed by atoms with Gasteiger partial charge in [-0.15, -0.1) is 0 Å². The minimum absolute atomic E-state index is 0.0460. The van der Waals surface area contributed by atoms with Crippen LogP contribution in [0.1, 0.15) is 12.8 Å². The summed E-state index contributed by atoms with van der Waals surface area (Å²) in [4.78, 5) is 25.4. The fourth-order valence-corrected chi connectivity index (χ4v) is 2.37. The molecule has 1 aliphatic rings. The lowest BCUT2D eigenvalue weighted by molar-refractivity contribution is -0.137. The van der Waals surface area contributed by atoms with Gasteiger partial charge in [-0.1, -0.05) is 11.6 Å². The number of thiocarbonyl (C=S) groups is 1. The first kappa shape index (κ1) is 18.4. The summed E-state index contributed by atoms with van der Waals surface area (Å²) in [5, 5.41) is 3.76. The summed E-state index contributed by atoms with van der Waals surface area (Å²) in [6.45, 7) is 2.25. The van der Waals surface area contributed by atoms with E-state index in [2.05, 4.69) is 16.2 Å². The van der Waals surface area contributed by atoms with Crippen LogP contribution in [-0.4, -0.2) is 48.1 Å². The van der Waals surface area contributed by atoms with Crippen molar-refractivity contribution in [1.29, 1.82) is 0 Å². The Morgan fingerprint density at radius 2 is 1.79 bits per heavy atom. The molecule has 0 atom stereocenters. The maximum absolute atomic E-state index is 11.9. The number of nitrogens with zero attached hydrogens (tertiary/aromatic N) is 1. The molecule has 1 fully saturated rings. The molecule has 24 heavy (non-hydrogen) atoms. The van der Waals surface area contributed by atoms with E-state index < -0.39 is 0 Å². The first-order valence-electron chi connectivity index (χ1n) is 7.51. The third-order valence-corrected chi connectivity index (χ3v) is 3.80. The quantitative estimate of drug-likeness (QED) is 0.547. The maximum atomic E-state index is 11.9. The highest BCUT2D eigenvalue weighted by Gasteiger charge is 2.17. The average Bonchev–Trinajstić information content (AvgIpc) is 2.60. The molecule has 1 heterocycles. The van der Waals surface area contributed by atoms with Crippen molar-refractivity contribution in [2.45, 2.75) is 12.8 Å². The van der Waals surface area contributed by atoms with Gasteiger partial charge < -0.3 is 15.0 Å². The van der Waals surface area contributed by atoms with E-state index in [1.165, 1.54) is 0 Å². The van der Waals surface area contributed by atoms with Gasteiger partial charge in [0.25, 0.3) is 0 Å². The van der Waals surface area contributed by atoms with Crippen molar-refractivity contribution in [1.82, 2.24) is 15.8 Å².